The Labute approximate surface area is 165 Å². The number of thioether (sulfide) groups is 1. The van der Waals surface area contributed by atoms with Crippen molar-refractivity contribution >= 4 is 17.7 Å². The zero-order chi connectivity index (χ0) is 19.5. The first kappa shape index (κ1) is 18.5. The number of hydrogen-bond acceptors (Lipinski definition) is 7. The van der Waals surface area contributed by atoms with E-state index in [1.54, 1.807) is 29.1 Å². The summed E-state index contributed by atoms with van der Waals surface area (Å²) < 4.78 is 11.9. The summed E-state index contributed by atoms with van der Waals surface area (Å²) in [6.45, 7) is 0.480. The molecule has 0 saturated heterocycles. The molecule has 8 heteroatoms. The number of rotatable bonds is 6. The molecule has 0 aliphatic heterocycles. The fourth-order valence-corrected chi connectivity index (χ4v) is 4.32. The summed E-state index contributed by atoms with van der Waals surface area (Å²) in [6, 6.07) is 7.15. The standard InChI is InChI=1S/C20H19N3O4S/c1-26-19(24)17-8-7-14(27-17)12-28-18-15-5-2-6-16(15)23(20(25)22-18)11-13-4-3-9-21-10-13/h3-4,7-10H,2,5-6,11-12H2,1H3. The molecule has 28 heavy (non-hydrogen) atoms. The Hall–Kier alpha value is -2.87. The minimum Gasteiger partial charge on any atom is -0.463 e. The van der Waals surface area contributed by atoms with Crippen LogP contribution in [0.5, 0.6) is 0 Å². The lowest BCUT2D eigenvalue weighted by Crippen LogP contribution is -2.27. The molecule has 0 radical (unpaired) electrons. The molecule has 0 aromatic carbocycles. The van der Waals surface area contributed by atoms with Gasteiger partial charge in [0.25, 0.3) is 0 Å². The van der Waals surface area contributed by atoms with E-state index >= 15 is 0 Å². The van der Waals surface area contributed by atoms with Crippen molar-refractivity contribution in [1.29, 1.82) is 0 Å². The first-order valence-electron chi connectivity index (χ1n) is 8.97. The minimum absolute atomic E-state index is 0.170. The summed E-state index contributed by atoms with van der Waals surface area (Å²) in [6.07, 6.45) is 6.27. The summed E-state index contributed by atoms with van der Waals surface area (Å²) in [7, 11) is 1.31. The lowest BCUT2D eigenvalue weighted by atomic mass is 10.2. The Kier molecular flexibility index (Phi) is 5.29. The second kappa shape index (κ2) is 8.02. The number of esters is 1. The second-order valence-corrected chi connectivity index (χ2v) is 7.44. The number of hydrogen-bond donors (Lipinski definition) is 0. The predicted molar refractivity (Wildman–Crippen MR) is 103 cm³/mol. The molecule has 0 spiro atoms. The molecule has 7 nitrogen and oxygen atoms in total. The van der Waals surface area contributed by atoms with E-state index in [0.29, 0.717) is 18.1 Å². The van der Waals surface area contributed by atoms with Gasteiger partial charge in [-0.05, 0) is 43.0 Å². The van der Waals surface area contributed by atoms with Crippen molar-refractivity contribution in [2.45, 2.75) is 36.6 Å². The van der Waals surface area contributed by atoms with Crippen LogP contribution in [0.4, 0.5) is 0 Å². The lowest BCUT2D eigenvalue weighted by Gasteiger charge is -2.14. The van der Waals surface area contributed by atoms with Crippen molar-refractivity contribution in [2.24, 2.45) is 0 Å². The fraction of sp³-hybridized carbons (Fsp3) is 0.300. The van der Waals surface area contributed by atoms with Crippen LogP contribution in [0, 0.1) is 0 Å². The number of carbonyl (C=O) groups is 1. The van der Waals surface area contributed by atoms with Crippen LogP contribution in [0.3, 0.4) is 0 Å². The van der Waals surface area contributed by atoms with Gasteiger partial charge < -0.3 is 9.15 Å². The van der Waals surface area contributed by atoms with Crippen LogP contribution in [0.1, 0.15) is 39.6 Å². The third kappa shape index (κ3) is 3.73. The van der Waals surface area contributed by atoms with Crippen LogP contribution in [0.25, 0.3) is 0 Å². The summed E-state index contributed by atoms with van der Waals surface area (Å²) >= 11 is 1.46. The van der Waals surface area contributed by atoms with E-state index in [9.17, 15) is 9.59 Å². The zero-order valence-electron chi connectivity index (χ0n) is 15.4. The average molecular weight is 397 g/mol. The molecule has 0 atom stereocenters. The van der Waals surface area contributed by atoms with E-state index in [0.717, 1.165) is 41.1 Å². The number of nitrogens with zero attached hydrogens (tertiary/aromatic N) is 3. The van der Waals surface area contributed by atoms with Crippen LogP contribution >= 0.6 is 11.8 Å². The molecule has 0 fully saturated rings. The maximum absolute atomic E-state index is 12.7. The van der Waals surface area contributed by atoms with E-state index in [1.165, 1.54) is 18.9 Å². The number of carbonyl (C=O) groups excluding carboxylic acids is 1. The number of ether oxygens (including phenoxy) is 1. The highest BCUT2D eigenvalue weighted by molar-refractivity contribution is 7.98. The normalized spacial score (nSPS) is 12.8. The van der Waals surface area contributed by atoms with E-state index in [4.69, 9.17) is 4.42 Å². The molecule has 1 aliphatic rings. The largest absolute Gasteiger partial charge is 0.463 e. The van der Waals surface area contributed by atoms with Gasteiger partial charge in [-0.2, -0.15) is 4.98 Å². The quantitative estimate of drug-likeness (QED) is 0.359. The summed E-state index contributed by atoms with van der Waals surface area (Å²) in [4.78, 5) is 32.6. The van der Waals surface area contributed by atoms with Gasteiger partial charge in [-0.15, -0.1) is 0 Å². The van der Waals surface area contributed by atoms with Crippen LogP contribution in [0.2, 0.25) is 0 Å². The SMILES string of the molecule is COC(=O)c1ccc(CSc2nc(=O)n(Cc3cccnc3)c3c2CCC3)o1. The van der Waals surface area contributed by atoms with Gasteiger partial charge in [0, 0.05) is 23.7 Å². The van der Waals surface area contributed by atoms with Gasteiger partial charge in [-0.3, -0.25) is 9.55 Å². The van der Waals surface area contributed by atoms with Crippen molar-refractivity contribution in [3.8, 4) is 0 Å². The van der Waals surface area contributed by atoms with Gasteiger partial charge in [-0.1, -0.05) is 17.8 Å². The van der Waals surface area contributed by atoms with Crippen LogP contribution < -0.4 is 5.69 Å². The third-order valence-electron chi connectivity index (χ3n) is 4.66. The molecular formula is C20H19N3O4S. The zero-order valence-corrected chi connectivity index (χ0v) is 16.2. The van der Waals surface area contributed by atoms with Crippen LogP contribution in [0.15, 0.2) is 50.9 Å². The minimum atomic E-state index is -0.506. The molecule has 4 rings (SSSR count). The summed E-state index contributed by atoms with van der Waals surface area (Å²) in [5, 5.41) is 0.746. The van der Waals surface area contributed by atoms with Gasteiger partial charge in [0.05, 0.1) is 19.4 Å². The Morgan fingerprint density at radius 2 is 2.21 bits per heavy atom. The molecule has 0 N–H and O–H groups in total. The van der Waals surface area contributed by atoms with Crippen molar-refractivity contribution < 1.29 is 13.9 Å². The summed E-state index contributed by atoms with van der Waals surface area (Å²) in [5.74, 6) is 0.789. The Morgan fingerprint density at radius 3 is 3.00 bits per heavy atom. The molecular weight excluding hydrogens is 378 g/mol. The number of fused-ring (bicyclic) bond motifs is 1. The van der Waals surface area contributed by atoms with E-state index in [-0.39, 0.29) is 11.4 Å². The Bertz CT molecular complexity index is 1060. The van der Waals surface area contributed by atoms with Crippen LogP contribution in [-0.2, 0) is 29.9 Å². The first-order valence-corrected chi connectivity index (χ1v) is 9.95. The number of methoxy groups -OCH3 is 1. The number of pyridine rings is 1. The first-order chi connectivity index (χ1) is 13.7. The predicted octanol–water partition coefficient (Wildman–Crippen LogP) is 2.85. The molecule has 3 aromatic rings. The maximum Gasteiger partial charge on any atom is 0.373 e. The number of furan rings is 1. The molecule has 0 unspecified atom stereocenters. The molecule has 3 heterocycles. The second-order valence-electron chi connectivity index (χ2n) is 6.47. The van der Waals surface area contributed by atoms with E-state index in [2.05, 4.69) is 14.7 Å². The smallest absolute Gasteiger partial charge is 0.373 e. The molecule has 0 amide bonds. The molecule has 0 bridgehead atoms. The topological polar surface area (TPSA) is 87.2 Å². The Balaban J connectivity index is 1.56. The van der Waals surface area contributed by atoms with E-state index < -0.39 is 5.97 Å². The van der Waals surface area contributed by atoms with Gasteiger partial charge in [0.2, 0.25) is 5.76 Å². The van der Waals surface area contributed by atoms with Crippen molar-refractivity contribution in [1.82, 2.24) is 14.5 Å². The van der Waals surface area contributed by atoms with Crippen LogP contribution in [-0.4, -0.2) is 27.6 Å². The molecule has 144 valence electrons. The van der Waals surface area contributed by atoms with Gasteiger partial charge >= 0.3 is 11.7 Å². The highest BCUT2D eigenvalue weighted by Gasteiger charge is 2.22. The third-order valence-corrected chi connectivity index (χ3v) is 5.70. The molecule has 0 saturated carbocycles. The lowest BCUT2D eigenvalue weighted by molar-refractivity contribution is 0.0563. The monoisotopic (exact) mass is 397 g/mol. The van der Waals surface area contributed by atoms with E-state index in [1.807, 2.05) is 12.1 Å². The summed E-state index contributed by atoms with van der Waals surface area (Å²) in [5.41, 5.74) is 2.92. The highest BCUT2D eigenvalue weighted by atomic mass is 32.2. The van der Waals surface area contributed by atoms with Gasteiger partial charge in [0.15, 0.2) is 0 Å². The van der Waals surface area contributed by atoms with Crippen molar-refractivity contribution in [3.05, 3.63) is 75.5 Å². The Morgan fingerprint density at radius 1 is 1.32 bits per heavy atom. The highest BCUT2D eigenvalue weighted by Crippen LogP contribution is 2.31. The van der Waals surface area contributed by atoms with Gasteiger partial charge in [0.1, 0.15) is 10.8 Å². The molecule has 1 aliphatic carbocycles. The fourth-order valence-electron chi connectivity index (χ4n) is 3.35. The van der Waals surface area contributed by atoms with Crippen molar-refractivity contribution in [3.63, 3.8) is 0 Å². The maximum atomic E-state index is 12.7. The number of aromatic nitrogens is 3. The molecule has 3 aromatic heterocycles. The van der Waals surface area contributed by atoms with Crippen molar-refractivity contribution in [2.75, 3.05) is 7.11 Å². The average Bonchev–Trinajstić information content (AvgIpc) is 3.39. The van der Waals surface area contributed by atoms with Gasteiger partial charge in [-0.25, -0.2) is 9.59 Å².